The maximum absolute atomic E-state index is 4.27. The first-order chi connectivity index (χ1) is 1.73. The molecule has 0 aliphatic heterocycles. The largest absolute Gasteiger partial charge is 1.00 e. The van der Waals surface area contributed by atoms with Crippen LogP contribution in [0.5, 0.6) is 0 Å². The molecular formula is CH4Na2S3. The fourth-order valence-corrected chi connectivity index (χ4v) is 0. The van der Waals surface area contributed by atoms with Gasteiger partial charge in [0.25, 0.3) is 0 Å². The Morgan fingerprint density at radius 2 is 1.33 bits per heavy atom. The molecule has 0 saturated carbocycles. The molecule has 0 aliphatic carbocycles. The van der Waals surface area contributed by atoms with Crippen LogP contribution in [0.25, 0.3) is 0 Å². The third kappa shape index (κ3) is 29.2. The van der Waals surface area contributed by atoms with Gasteiger partial charge in [-0.1, -0.05) is 12.2 Å². The van der Waals surface area contributed by atoms with Crippen molar-refractivity contribution in [2.24, 2.45) is 0 Å². The van der Waals surface area contributed by atoms with Gasteiger partial charge >= 0.3 is 59.1 Å². The number of hydrogen-bond donors (Lipinski definition) is 2. The van der Waals surface area contributed by atoms with Crippen molar-refractivity contribution in [1.82, 2.24) is 0 Å². The zero-order valence-corrected chi connectivity index (χ0v) is 10.4. The molecule has 0 atom stereocenters. The minimum atomic E-state index is 0. The van der Waals surface area contributed by atoms with Crippen molar-refractivity contribution in [2.45, 2.75) is 0 Å². The molecule has 0 bridgehead atoms. The zero-order valence-electron chi connectivity index (χ0n) is 5.80. The van der Waals surface area contributed by atoms with Gasteiger partial charge in [-0.05, 0) is 0 Å². The third-order valence-electron chi connectivity index (χ3n) is 0. The van der Waals surface area contributed by atoms with E-state index in [0.29, 0.717) is 3.53 Å². The molecule has 28 valence electrons. The van der Waals surface area contributed by atoms with Crippen molar-refractivity contribution >= 4 is 41.0 Å². The molecule has 0 aromatic heterocycles. The molecule has 0 radical (unpaired) electrons. The van der Waals surface area contributed by atoms with Gasteiger partial charge in [0.2, 0.25) is 0 Å². The summed E-state index contributed by atoms with van der Waals surface area (Å²) in [6.07, 6.45) is 0. The minimum Gasteiger partial charge on any atom is -1.00 e. The van der Waals surface area contributed by atoms with Crippen LogP contribution in [0.15, 0.2) is 0 Å². The Bertz CT molecular complexity index is 38.3. The molecule has 0 aromatic carbocycles. The summed E-state index contributed by atoms with van der Waals surface area (Å²) in [5, 5.41) is 0. The number of rotatable bonds is 0. The molecular weight excluding hydrogens is 154 g/mol. The number of hydrogen-bond acceptors (Lipinski definition) is 1. The summed E-state index contributed by atoms with van der Waals surface area (Å²) in [4.78, 5) is 0. The fourth-order valence-electron chi connectivity index (χ4n) is 0. The second kappa shape index (κ2) is 10.7. The molecule has 0 N–H and O–H groups in total. The summed E-state index contributed by atoms with van der Waals surface area (Å²) in [6.45, 7) is 0. The van der Waals surface area contributed by atoms with E-state index in [0.717, 1.165) is 0 Å². The Morgan fingerprint density at radius 1 is 1.33 bits per heavy atom. The van der Waals surface area contributed by atoms with Crippen LogP contribution in [0.1, 0.15) is 2.85 Å². The summed E-state index contributed by atoms with van der Waals surface area (Å²) in [7, 11) is 0. The van der Waals surface area contributed by atoms with E-state index in [-0.39, 0.29) is 62.0 Å². The zero-order chi connectivity index (χ0) is 3.58. The summed E-state index contributed by atoms with van der Waals surface area (Å²) in [5.74, 6) is 0. The average Bonchev–Trinajstić information content (AvgIpc) is 0.811. The van der Waals surface area contributed by atoms with Crippen molar-refractivity contribution < 1.29 is 62.0 Å². The van der Waals surface area contributed by atoms with Crippen LogP contribution < -0.4 is 59.1 Å². The van der Waals surface area contributed by atoms with E-state index in [1.807, 2.05) is 0 Å². The van der Waals surface area contributed by atoms with Crippen LogP contribution in [0, 0.1) is 0 Å². The predicted molar refractivity (Wildman–Crippen MR) is 32.8 cm³/mol. The van der Waals surface area contributed by atoms with Crippen LogP contribution in [-0.4, -0.2) is 3.53 Å². The van der Waals surface area contributed by atoms with Gasteiger partial charge in [-0.25, -0.2) is 0 Å². The molecule has 0 rings (SSSR count). The second-order valence-corrected chi connectivity index (χ2v) is 2.54. The SMILES string of the molecule is S=C(S)S.[H-].[H-].[Na+].[Na+]. The van der Waals surface area contributed by atoms with Crippen molar-refractivity contribution in [2.75, 3.05) is 0 Å². The number of thiol groups is 2. The summed E-state index contributed by atoms with van der Waals surface area (Å²) < 4.78 is 0.389. The van der Waals surface area contributed by atoms with E-state index in [9.17, 15) is 0 Å². The van der Waals surface area contributed by atoms with E-state index >= 15 is 0 Å². The van der Waals surface area contributed by atoms with E-state index in [4.69, 9.17) is 0 Å². The number of thiocarbonyl (C=S) groups is 1. The van der Waals surface area contributed by atoms with Crippen LogP contribution in [0.2, 0.25) is 0 Å². The normalized spacial score (nSPS) is 4.33. The van der Waals surface area contributed by atoms with Crippen LogP contribution in [-0.2, 0) is 0 Å². The van der Waals surface area contributed by atoms with Gasteiger partial charge < -0.3 is 2.85 Å². The van der Waals surface area contributed by atoms with Crippen molar-refractivity contribution in [3.63, 3.8) is 0 Å². The predicted octanol–water partition coefficient (Wildman–Crippen LogP) is -4.64. The van der Waals surface area contributed by atoms with Crippen molar-refractivity contribution in [3.8, 4) is 0 Å². The molecule has 0 spiro atoms. The molecule has 0 nitrogen and oxygen atoms in total. The van der Waals surface area contributed by atoms with E-state index in [2.05, 4.69) is 37.5 Å². The van der Waals surface area contributed by atoms with Gasteiger partial charge in [0.15, 0.2) is 0 Å². The van der Waals surface area contributed by atoms with Gasteiger partial charge in [0.1, 0.15) is 0 Å². The minimum absolute atomic E-state index is 0. The molecule has 6 heavy (non-hydrogen) atoms. The maximum Gasteiger partial charge on any atom is 1.00 e. The summed E-state index contributed by atoms with van der Waals surface area (Å²) in [5.41, 5.74) is 0. The van der Waals surface area contributed by atoms with Gasteiger partial charge in [-0.15, -0.1) is 25.3 Å². The molecule has 0 heterocycles. The monoisotopic (exact) mass is 158 g/mol. The van der Waals surface area contributed by atoms with Gasteiger partial charge in [-0.3, -0.25) is 0 Å². The Kier molecular flexibility index (Phi) is 28.4. The van der Waals surface area contributed by atoms with Crippen molar-refractivity contribution in [3.05, 3.63) is 0 Å². The maximum atomic E-state index is 4.27. The van der Waals surface area contributed by atoms with Gasteiger partial charge in [0.05, 0.1) is 3.53 Å². The smallest absolute Gasteiger partial charge is 1.00 e. The van der Waals surface area contributed by atoms with E-state index in [1.54, 1.807) is 0 Å². The average molecular weight is 158 g/mol. The molecule has 0 amide bonds. The summed E-state index contributed by atoms with van der Waals surface area (Å²) in [6, 6.07) is 0. The van der Waals surface area contributed by atoms with E-state index < -0.39 is 0 Å². The first-order valence-corrected chi connectivity index (χ1v) is 1.95. The molecule has 5 heteroatoms. The molecule has 0 unspecified atom stereocenters. The Balaban J connectivity index is -0.00000000750. The van der Waals surface area contributed by atoms with Crippen molar-refractivity contribution in [1.29, 1.82) is 0 Å². The summed E-state index contributed by atoms with van der Waals surface area (Å²) >= 11 is 11.4. The third-order valence-corrected chi connectivity index (χ3v) is 0. The van der Waals surface area contributed by atoms with Crippen LogP contribution in [0.4, 0.5) is 0 Å². The molecule has 0 saturated heterocycles. The van der Waals surface area contributed by atoms with Crippen LogP contribution in [0.3, 0.4) is 0 Å². The topological polar surface area (TPSA) is 0 Å². The standard InChI is InChI=1S/CH2S3.2Na.2H/c2-1(3)4;;;;/h(H2,2,3,4);;;;/q;2*+1;2*-1. The molecule has 0 aromatic rings. The Labute approximate surface area is 101 Å². The second-order valence-electron chi connectivity index (χ2n) is 0.283. The Hall–Kier alpha value is 2.79. The van der Waals surface area contributed by atoms with Crippen LogP contribution >= 0.6 is 37.5 Å². The molecule has 0 aliphatic rings. The Morgan fingerprint density at radius 3 is 1.33 bits per heavy atom. The van der Waals surface area contributed by atoms with E-state index in [1.165, 1.54) is 0 Å². The first-order valence-electron chi connectivity index (χ1n) is 0.651. The first kappa shape index (κ1) is 15.9. The molecule has 0 fully saturated rings. The fraction of sp³-hybridized carbons (Fsp3) is 0. The van der Waals surface area contributed by atoms with Gasteiger partial charge in [-0.2, -0.15) is 0 Å². The van der Waals surface area contributed by atoms with Gasteiger partial charge in [0, 0.05) is 0 Å². The quantitative estimate of drug-likeness (QED) is 0.203.